The SMILES string of the molecule is COc1ccc(CNc2cc(Nc3ccc(C)c(Cl)c3)nc(C)n2)cc1OC. The van der Waals surface area contributed by atoms with Crippen molar-refractivity contribution in [3.63, 3.8) is 0 Å². The van der Waals surface area contributed by atoms with Crippen LogP contribution in [0.4, 0.5) is 17.3 Å². The molecule has 0 saturated heterocycles. The van der Waals surface area contributed by atoms with Crippen molar-refractivity contribution in [3.8, 4) is 11.5 Å². The van der Waals surface area contributed by atoms with Crippen LogP contribution in [0.1, 0.15) is 17.0 Å². The molecule has 0 aliphatic carbocycles. The number of rotatable bonds is 7. The van der Waals surface area contributed by atoms with Gasteiger partial charge in [-0.05, 0) is 49.2 Å². The van der Waals surface area contributed by atoms with E-state index in [1.54, 1.807) is 14.2 Å². The quantitative estimate of drug-likeness (QED) is 0.575. The number of benzene rings is 2. The number of aryl methyl sites for hydroxylation is 2. The second-order valence-electron chi connectivity index (χ2n) is 6.32. The highest BCUT2D eigenvalue weighted by Crippen LogP contribution is 2.28. The Bertz CT molecular complexity index is 979. The van der Waals surface area contributed by atoms with Crippen molar-refractivity contribution >= 4 is 28.9 Å². The first-order valence-corrected chi connectivity index (χ1v) is 9.20. The molecule has 7 heteroatoms. The molecule has 146 valence electrons. The standard InChI is InChI=1S/C21H23ClN4O2/c1-13-5-7-16(10-17(13)22)26-21-11-20(24-14(2)25-21)23-12-15-6-8-18(27-3)19(9-15)28-4/h5-11H,12H2,1-4H3,(H2,23,24,25,26). The minimum absolute atomic E-state index is 0.590. The molecular weight excluding hydrogens is 376 g/mol. The van der Waals surface area contributed by atoms with Crippen molar-refractivity contribution in [2.24, 2.45) is 0 Å². The number of anilines is 3. The third kappa shape index (κ3) is 4.84. The van der Waals surface area contributed by atoms with Crippen LogP contribution in [-0.4, -0.2) is 24.2 Å². The summed E-state index contributed by atoms with van der Waals surface area (Å²) in [5.74, 6) is 3.48. The van der Waals surface area contributed by atoms with E-state index < -0.39 is 0 Å². The monoisotopic (exact) mass is 398 g/mol. The van der Waals surface area contributed by atoms with Gasteiger partial charge in [-0.2, -0.15) is 0 Å². The fraction of sp³-hybridized carbons (Fsp3) is 0.238. The lowest BCUT2D eigenvalue weighted by Gasteiger charge is -2.12. The summed E-state index contributed by atoms with van der Waals surface area (Å²) < 4.78 is 10.6. The normalized spacial score (nSPS) is 10.5. The zero-order chi connectivity index (χ0) is 20.1. The van der Waals surface area contributed by atoms with Crippen molar-refractivity contribution in [1.29, 1.82) is 0 Å². The molecule has 3 aromatic rings. The number of hydrogen-bond acceptors (Lipinski definition) is 6. The highest BCUT2D eigenvalue weighted by molar-refractivity contribution is 6.31. The summed E-state index contributed by atoms with van der Waals surface area (Å²) in [5, 5.41) is 7.31. The second-order valence-corrected chi connectivity index (χ2v) is 6.72. The van der Waals surface area contributed by atoms with Gasteiger partial charge in [-0.15, -0.1) is 0 Å². The first kappa shape index (κ1) is 19.8. The Labute approximate surface area is 169 Å². The van der Waals surface area contributed by atoms with Crippen LogP contribution in [0.5, 0.6) is 11.5 Å². The van der Waals surface area contributed by atoms with Gasteiger partial charge in [-0.3, -0.25) is 0 Å². The average Bonchev–Trinajstić information content (AvgIpc) is 2.68. The van der Waals surface area contributed by atoms with Crippen molar-refractivity contribution in [1.82, 2.24) is 9.97 Å². The first-order chi connectivity index (χ1) is 13.5. The van der Waals surface area contributed by atoms with Crippen LogP contribution in [0.2, 0.25) is 5.02 Å². The van der Waals surface area contributed by atoms with E-state index >= 15 is 0 Å². The van der Waals surface area contributed by atoms with Gasteiger partial charge in [0.25, 0.3) is 0 Å². The molecule has 0 atom stereocenters. The number of nitrogens with one attached hydrogen (secondary N) is 2. The summed E-state index contributed by atoms with van der Waals surface area (Å²) in [4.78, 5) is 8.90. The van der Waals surface area contributed by atoms with Crippen LogP contribution >= 0.6 is 11.6 Å². The summed E-state index contributed by atoms with van der Waals surface area (Å²) in [6.07, 6.45) is 0. The highest BCUT2D eigenvalue weighted by atomic mass is 35.5. The topological polar surface area (TPSA) is 68.3 Å². The smallest absolute Gasteiger partial charge is 0.161 e. The van der Waals surface area contributed by atoms with Crippen molar-refractivity contribution in [2.75, 3.05) is 24.9 Å². The van der Waals surface area contributed by atoms with Crippen LogP contribution in [0.15, 0.2) is 42.5 Å². The van der Waals surface area contributed by atoms with E-state index in [1.165, 1.54) is 0 Å². The molecule has 2 N–H and O–H groups in total. The number of hydrogen-bond donors (Lipinski definition) is 2. The molecule has 0 bridgehead atoms. The molecule has 0 aliphatic rings. The van der Waals surface area contributed by atoms with Gasteiger partial charge in [-0.25, -0.2) is 9.97 Å². The zero-order valence-electron chi connectivity index (χ0n) is 16.3. The van der Waals surface area contributed by atoms with Crippen LogP contribution in [0, 0.1) is 13.8 Å². The molecule has 3 rings (SSSR count). The van der Waals surface area contributed by atoms with Crippen LogP contribution in [-0.2, 0) is 6.54 Å². The molecule has 0 spiro atoms. The summed E-state index contributed by atoms with van der Waals surface area (Å²) in [5.41, 5.74) is 2.96. The minimum Gasteiger partial charge on any atom is -0.493 e. The molecule has 0 fully saturated rings. The van der Waals surface area contributed by atoms with E-state index in [2.05, 4.69) is 20.6 Å². The van der Waals surface area contributed by atoms with Crippen molar-refractivity contribution < 1.29 is 9.47 Å². The molecule has 0 aliphatic heterocycles. The molecular formula is C21H23ClN4O2. The first-order valence-electron chi connectivity index (χ1n) is 8.82. The van der Waals surface area contributed by atoms with Gasteiger partial charge in [0.2, 0.25) is 0 Å². The van der Waals surface area contributed by atoms with Gasteiger partial charge in [0.05, 0.1) is 14.2 Å². The molecule has 2 aromatic carbocycles. The van der Waals surface area contributed by atoms with Gasteiger partial charge in [0.1, 0.15) is 17.5 Å². The predicted octanol–water partition coefficient (Wildman–Crippen LogP) is 5.12. The molecule has 0 radical (unpaired) electrons. The maximum atomic E-state index is 6.20. The molecule has 1 aromatic heterocycles. The summed E-state index contributed by atoms with van der Waals surface area (Å²) in [6.45, 7) is 4.42. The van der Waals surface area contributed by atoms with E-state index in [1.807, 2.05) is 56.3 Å². The number of methoxy groups -OCH3 is 2. The summed E-state index contributed by atoms with van der Waals surface area (Å²) in [6, 6.07) is 13.5. The van der Waals surface area contributed by atoms with Crippen LogP contribution < -0.4 is 20.1 Å². The Morgan fingerprint density at radius 2 is 1.64 bits per heavy atom. The third-order valence-electron chi connectivity index (χ3n) is 4.20. The van der Waals surface area contributed by atoms with Crippen LogP contribution in [0.3, 0.4) is 0 Å². The predicted molar refractivity (Wildman–Crippen MR) is 113 cm³/mol. The van der Waals surface area contributed by atoms with E-state index in [-0.39, 0.29) is 0 Å². The Morgan fingerprint density at radius 1 is 0.893 bits per heavy atom. The minimum atomic E-state index is 0.590. The maximum Gasteiger partial charge on any atom is 0.161 e. The van der Waals surface area contributed by atoms with Gasteiger partial charge < -0.3 is 20.1 Å². The molecule has 0 saturated carbocycles. The van der Waals surface area contributed by atoms with E-state index in [4.69, 9.17) is 21.1 Å². The Morgan fingerprint density at radius 3 is 2.36 bits per heavy atom. The number of ether oxygens (including phenoxy) is 2. The Kier molecular flexibility index (Phi) is 6.21. The molecule has 0 amide bonds. The lowest BCUT2D eigenvalue weighted by molar-refractivity contribution is 0.354. The van der Waals surface area contributed by atoms with Crippen molar-refractivity contribution in [2.45, 2.75) is 20.4 Å². The van der Waals surface area contributed by atoms with Gasteiger partial charge in [0.15, 0.2) is 11.5 Å². The third-order valence-corrected chi connectivity index (χ3v) is 4.61. The maximum absolute atomic E-state index is 6.20. The van der Waals surface area contributed by atoms with E-state index in [0.29, 0.717) is 34.7 Å². The lowest BCUT2D eigenvalue weighted by Crippen LogP contribution is -2.05. The van der Waals surface area contributed by atoms with Crippen molar-refractivity contribution in [3.05, 3.63) is 64.4 Å². The Balaban J connectivity index is 1.73. The fourth-order valence-corrected chi connectivity index (χ4v) is 2.90. The summed E-state index contributed by atoms with van der Waals surface area (Å²) in [7, 11) is 3.24. The van der Waals surface area contributed by atoms with Gasteiger partial charge >= 0.3 is 0 Å². The Hall–Kier alpha value is -2.99. The number of nitrogens with zero attached hydrogens (tertiary/aromatic N) is 2. The molecule has 0 unspecified atom stereocenters. The molecule has 1 heterocycles. The van der Waals surface area contributed by atoms with Crippen LogP contribution in [0.25, 0.3) is 0 Å². The van der Waals surface area contributed by atoms with Gasteiger partial charge in [-0.1, -0.05) is 23.7 Å². The second kappa shape index (κ2) is 8.80. The number of aromatic nitrogens is 2. The largest absolute Gasteiger partial charge is 0.493 e. The lowest BCUT2D eigenvalue weighted by atomic mass is 10.2. The average molecular weight is 399 g/mol. The fourth-order valence-electron chi connectivity index (χ4n) is 2.72. The molecule has 28 heavy (non-hydrogen) atoms. The highest BCUT2D eigenvalue weighted by Gasteiger charge is 2.07. The number of halogens is 1. The molecule has 6 nitrogen and oxygen atoms in total. The van der Waals surface area contributed by atoms with E-state index in [0.717, 1.165) is 22.6 Å². The van der Waals surface area contributed by atoms with E-state index in [9.17, 15) is 0 Å². The van der Waals surface area contributed by atoms with Gasteiger partial charge in [0, 0.05) is 23.3 Å². The zero-order valence-corrected chi connectivity index (χ0v) is 17.1. The summed E-state index contributed by atoms with van der Waals surface area (Å²) >= 11 is 6.20.